The van der Waals surface area contributed by atoms with Gasteiger partial charge in [-0.25, -0.2) is 0 Å². The van der Waals surface area contributed by atoms with E-state index < -0.39 is 0 Å². The van der Waals surface area contributed by atoms with Gasteiger partial charge in [-0.2, -0.15) is 5.06 Å². The summed E-state index contributed by atoms with van der Waals surface area (Å²) < 4.78 is 0. The quantitative estimate of drug-likeness (QED) is 0.489. The zero-order valence-electron chi connectivity index (χ0n) is 12.5. The van der Waals surface area contributed by atoms with Crippen LogP contribution in [0, 0.1) is 0 Å². The van der Waals surface area contributed by atoms with Crippen LogP contribution in [0.5, 0.6) is 0 Å². The second-order valence-corrected chi connectivity index (χ2v) is 6.80. The van der Waals surface area contributed by atoms with Gasteiger partial charge in [0.15, 0.2) is 0 Å². The molecule has 2 aromatic rings. The molecule has 2 nitrogen and oxygen atoms in total. The van der Waals surface area contributed by atoms with Crippen LogP contribution in [0.2, 0.25) is 10.0 Å². The molecule has 0 aliphatic carbocycles. The number of hydrogen-bond donors (Lipinski definition) is 0. The number of hydroxylamine groups is 2. The SMILES string of the molecule is CN(CCC(P)c1ccc(Cl)c(Cl)c1)OCc1ccccc1. The molecule has 0 aromatic heterocycles. The molecule has 0 N–H and O–H groups in total. The topological polar surface area (TPSA) is 12.5 Å². The molecule has 0 heterocycles. The van der Waals surface area contributed by atoms with Crippen LogP contribution in [0.1, 0.15) is 23.2 Å². The predicted octanol–water partition coefficient (Wildman–Crippen LogP) is 5.36. The van der Waals surface area contributed by atoms with E-state index in [4.69, 9.17) is 28.0 Å². The Balaban J connectivity index is 1.77. The molecule has 5 heteroatoms. The van der Waals surface area contributed by atoms with Crippen molar-refractivity contribution in [2.45, 2.75) is 18.7 Å². The Kier molecular flexibility index (Phi) is 7.14. The fourth-order valence-electron chi connectivity index (χ4n) is 2.05. The van der Waals surface area contributed by atoms with Gasteiger partial charge >= 0.3 is 0 Å². The van der Waals surface area contributed by atoms with Crippen molar-refractivity contribution < 1.29 is 4.84 Å². The Morgan fingerprint density at radius 1 is 1.09 bits per heavy atom. The van der Waals surface area contributed by atoms with E-state index in [1.165, 1.54) is 5.56 Å². The molecule has 0 aliphatic heterocycles. The van der Waals surface area contributed by atoms with Crippen molar-refractivity contribution in [2.24, 2.45) is 0 Å². The summed E-state index contributed by atoms with van der Waals surface area (Å²) >= 11 is 12.0. The summed E-state index contributed by atoms with van der Waals surface area (Å²) in [5.74, 6) is 0. The van der Waals surface area contributed by atoms with Crippen LogP contribution < -0.4 is 0 Å². The molecule has 2 atom stereocenters. The van der Waals surface area contributed by atoms with E-state index in [1.807, 2.05) is 48.5 Å². The number of nitrogens with zero attached hydrogens (tertiary/aromatic N) is 1. The van der Waals surface area contributed by atoms with Crippen molar-refractivity contribution in [3.63, 3.8) is 0 Å². The largest absolute Gasteiger partial charge is 0.295 e. The number of benzene rings is 2. The zero-order valence-corrected chi connectivity index (χ0v) is 15.2. The molecule has 0 spiro atoms. The van der Waals surface area contributed by atoms with Crippen molar-refractivity contribution in [3.8, 4) is 0 Å². The highest BCUT2D eigenvalue weighted by molar-refractivity contribution is 7.17. The first-order valence-electron chi connectivity index (χ1n) is 7.15. The first kappa shape index (κ1) is 17.7. The summed E-state index contributed by atoms with van der Waals surface area (Å²) in [5.41, 5.74) is 2.65. The molecule has 0 saturated carbocycles. The Bertz CT molecular complexity index is 594. The van der Waals surface area contributed by atoms with Gasteiger partial charge in [0.25, 0.3) is 0 Å². The van der Waals surface area contributed by atoms with Gasteiger partial charge in [-0.15, -0.1) is 9.24 Å². The summed E-state index contributed by atoms with van der Waals surface area (Å²) in [6.45, 7) is 1.42. The Morgan fingerprint density at radius 3 is 2.50 bits per heavy atom. The molecule has 2 aromatic carbocycles. The predicted molar refractivity (Wildman–Crippen MR) is 97.4 cm³/mol. The molecule has 118 valence electrons. The Morgan fingerprint density at radius 2 is 1.82 bits per heavy atom. The molecule has 0 bridgehead atoms. The fraction of sp³-hybridized carbons (Fsp3) is 0.294. The molecule has 0 radical (unpaired) electrons. The lowest BCUT2D eigenvalue weighted by atomic mass is 10.1. The maximum Gasteiger partial charge on any atom is 0.0935 e. The molecule has 2 unspecified atom stereocenters. The summed E-state index contributed by atoms with van der Waals surface area (Å²) in [5, 5.41) is 3.06. The van der Waals surface area contributed by atoms with Crippen molar-refractivity contribution >= 4 is 32.4 Å². The monoisotopic (exact) mass is 355 g/mol. The van der Waals surface area contributed by atoms with E-state index in [0.29, 0.717) is 22.3 Å². The summed E-state index contributed by atoms with van der Waals surface area (Å²) in [4.78, 5) is 5.73. The van der Waals surface area contributed by atoms with E-state index in [9.17, 15) is 0 Å². The zero-order chi connectivity index (χ0) is 15.9. The van der Waals surface area contributed by atoms with Gasteiger partial charge in [0.2, 0.25) is 0 Å². The van der Waals surface area contributed by atoms with Crippen LogP contribution in [0.4, 0.5) is 0 Å². The average Bonchev–Trinajstić information content (AvgIpc) is 2.54. The summed E-state index contributed by atoms with van der Waals surface area (Å²) in [7, 11) is 4.81. The van der Waals surface area contributed by atoms with Crippen LogP contribution >= 0.6 is 32.4 Å². The Labute approximate surface area is 144 Å². The smallest absolute Gasteiger partial charge is 0.0935 e. The summed E-state index contributed by atoms with van der Waals surface area (Å²) in [6, 6.07) is 15.9. The maximum atomic E-state index is 6.06. The lowest BCUT2D eigenvalue weighted by Gasteiger charge is -2.19. The highest BCUT2D eigenvalue weighted by atomic mass is 35.5. The highest BCUT2D eigenvalue weighted by Gasteiger charge is 2.10. The van der Waals surface area contributed by atoms with Crippen LogP contribution in [0.3, 0.4) is 0 Å². The van der Waals surface area contributed by atoms with E-state index in [0.717, 1.165) is 18.5 Å². The third-order valence-corrected chi connectivity index (χ3v) is 4.88. The van der Waals surface area contributed by atoms with Crippen molar-refractivity contribution in [3.05, 3.63) is 69.7 Å². The van der Waals surface area contributed by atoms with Crippen LogP contribution in [-0.2, 0) is 11.4 Å². The lowest BCUT2D eigenvalue weighted by molar-refractivity contribution is -0.150. The van der Waals surface area contributed by atoms with Crippen molar-refractivity contribution in [1.29, 1.82) is 0 Å². The van der Waals surface area contributed by atoms with E-state index >= 15 is 0 Å². The number of hydrogen-bond acceptors (Lipinski definition) is 2. The number of halogens is 2. The molecule has 0 fully saturated rings. The lowest BCUT2D eigenvalue weighted by Crippen LogP contribution is -2.20. The summed E-state index contributed by atoms with van der Waals surface area (Å²) in [6.07, 6.45) is 0.952. The molecule has 0 saturated heterocycles. The molecule has 22 heavy (non-hydrogen) atoms. The van der Waals surface area contributed by atoms with Gasteiger partial charge in [-0.1, -0.05) is 59.6 Å². The van der Waals surface area contributed by atoms with Crippen LogP contribution in [0.25, 0.3) is 0 Å². The van der Waals surface area contributed by atoms with E-state index in [1.54, 1.807) is 0 Å². The van der Waals surface area contributed by atoms with Gasteiger partial charge in [-0.05, 0) is 35.3 Å². The third-order valence-electron chi connectivity index (χ3n) is 3.42. The van der Waals surface area contributed by atoms with Crippen LogP contribution in [0.15, 0.2) is 48.5 Å². The van der Waals surface area contributed by atoms with Gasteiger partial charge in [-0.3, -0.25) is 4.84 Å². The Hall–Kier alpha value is -0.630. The average molecular weight is 356 g/mol. The standard InChI is InChI=1S/C17H20Cl2NOP/c1-20(21-12-13-5-3-2-4-6-13)10-9-17(22)14-7-8-15(18)16(19)11-14/h2-8,11,17H,9-10,12,22H2,1H3. The van der Waals surface area contributed by atoms with E-state index in [2.05, 4.69) is 21.4 Å². The maximum absolute atomic E-state index is 6.06. The van der Waals surface area contributed by atoms with Crippen molar-refractivity contribution in [2.75, 3.05) is 13.6 Å². The van der Waals surface area contributed by atoms with E-state index in [-0.39, 0.29) is 0 Å². The van der Waals surface area contributed by atoms with Gasteiger partial charge < -0.3 is 0 Å². The molecular formula is C17H20Cl2NOP. The van der Waals surface area contributed by atoms with Crippen molar-refractivity contribution in [1.82, 2.24) is 5.06 Å². The first-order chi connectivity index (χ1) is 10.6. The third kappa shape index (κ3) is 5.53. The normalized spacial score (nSPS) is 12.6. The van der Waals surface area contributed by atoms with Crippen LogP contribution in [-0.4, -0.2) is 18.7 Å². The number of rotatable bonds is 7. The molecule has 0 amide bonds. The second kappa shape index (κ2) is 8.86. The minimum absolute atomic E-state index is 0.317. The minimum atomic E-state index is 0.317. The molecule has 0 aliphatic rings. The second-order valence-electron chi connectivity index (χ2n) is 5.18. The minimum Gasteiger partial charge on any atom is -0.295 e. The van der Waals surface area contributed by atoms with Gasteiger partial charge in [0.1, 0.15) is 0 Å². The molecular weight excluding hydrogens is 336 g/mol. The highest BCUT2D eigenvalue weighted by Crippen LogP contribution is 2.31. The fourth-order valence-corrected chi connectivity index (χ4v) is 2.72. The first-order valence-corrected chi connectivity index (χ1v) is 8.57. The molecule has 2 rings (SSSR count). The van der Waals surface area contributed by atoms with Gasteiger partial charge in [0, 0.05) is 13.6 Å². The van der Waals surface area contributed by atoms with Gasteiger partial charge in [0.05, 0.1) is 16.7 Å².